The topological polar surface area (TPSA) is 97.8 Å². The highest BCUT2D eigenvalue weighted by molar-refractivity contribution is 7.90. The van der Waals surface area contributed by atoms with Crippen molar-refractivity contribution in [2.45, 2.75) is 30.3 Å². The summed E-state index contributed by atoms with van der Waals surface area (Å²) in [4.78, 5) is 39.1. The van der Waals surface area contributed by atoms with Crippen LogP contribution in [0.15, 0.2) is 53.4 Å². The SMILES string of the molecule is CS(=O)(=O)c1ccc(C(=O)OC2CCCCN(C(=O)c3ccc(F)cc3)C2=O)cc1. The average Bonchev–Trinajstić information content (AvgIpc) is 2.89. The molecule has 1 fully saturated rings. The van der Waals surface area contributed by atoms with E-state index in [1.165, 1.54) is 36.4 Å². The number of amides is 2. The maximum absolute atomic E-state index is 13.1. The summed E-state index contributed by atoms with van der Waals surface area (Å²) >= 11 is 0. The molecule has 9 heteroatoms. The van der Waals surface area contributed by atoms with Gasteiger partial charge in [0.25, 0.3) is 11.8 Å². The minimum absolute atomic E-state index is 0.0562. The van der Waals surface area contributed by atoms with E-state index in [1.54, 1.807) is 0 Å². The Kier molecular flexibility index (Phi) is 6.31. The lowest BCUT2D eigenvalue weighted by Crippen LogP contribution is -2.43. The van der Waals surface area contributed by atoms with Gasteiger partial charge in [-0.05, 0) is 67.8 Å². The number of hydrogen-bond acceptors (Lipinski definition) is 6. The number of benzene rings is 2. The van der Waals surface area contributed by atoms with Crippen LogP contribution in [0, 0.1) is 5.82 Å². The Morgan fingerprint density at radius 3 is 2.20 bits per heavy atom. The molecular formula is C21H20FNO6S. The van der Waals surface area contributed by atoms with E-state index < -0.39 is 39.5 Å². The Morgan fingerprint density at radius 1 is 1.00 bits per heavy atom. The van der Waals surface area contributed by atoms with Gasteiger partial charge < -0.3 is 4.74 Å². The number of hydrogen-bond donors (Lipinski definition) is 0. The molecule has 158 valence electrons. The fourth-order valence-electron chi connectivity index (χ4n) is 3.10. The lowest BCUT2D eigenvalue weighted by Gasteiger charge is -2.22. The fourth-order valence-corrected chi connectivity index (χ4v) is 3.73. The van der Waals surface area contributed by atoms with Crippen molar-refractivity contribution in [1.82, 2.24) is 4.90 Å². The molecule has 1 atom stereocenters. The van der Waals surface area contributed by atoms with Crippen LogP contribution in [0.2, 0.25) is 0 Å². The summed E-state index contributed by atoms with van der Waals surface area (Å²) in [6.45, 7) is 0.173. The zero-order valence-corrected chi connectivity index (χ0v) is 17.0. The molecule has 1 unspecified atom stereocenters. The van der Waals surface area contributed by atoms with Gasteiger partial charge in [0.15, 0.2) is 15.9 Å². The first kappa shape index (κ1) is 21.6. The number of carbonyl (C=O) groups excluding carboxylic acids is 3. The van der Waals surface area contributed by atoms with Crippen molar-refractivity contribution in [1.29, 1.82) is 0 Å². The van der Waals surface area contributed by atoms with E-state index in [4.69, 9.17) is 4.74 Å². The molecule has 1 aliphatic rings. The molecular weight excluding hydrogens is 413 g/mol. The molecule has 0 bridgehead atoms. The maximum atomic E-state index is 13.1. The third-order valence-electron chi connectivity index (χ3n) is 4.74. The van der Waals surface area contributed by atoms with Gasteiger partial charge in [-0.1, -0.05) is 0 Å². The van der Waals surface area contributed by atoms with Crippen molar-refractivity contribution < 1.29 is 31.9 Å². The lowest BCUT2D eigenvalue weighted by molar-refractivity contribution is -0.137. The highest BCUT2D eigenvalue weighted by Gasteiger charge is 2.34. The van der Waals surface area contributed by atoms with Crippen LogP contribution in [0.4, 0.5) is 4.39 Å². The zero-order valence-electron chi connectivity index (χ0n) is 16.2. The van der Waals surface area contributed by atoms with Crippen LogP contribution >= 0.6 is 0 Å². The fraction of sp³-hybridized carbons (Fsp3) is 0.286. The summed E-state index contributed by atoms with van der Waals surface area (Å²) in [5.74, 6) is -2.50. The first-order chi connectivity index (χ1) is 14.2. The van der Waals surface area contributed by atoms with Crippen LogP contribution in [-0.2, 0) is 19.4 Å². The van der Waals surface area contributed by atoms with Crippen molar-refractivity contribution in [3.63, 3.8) is 0 Å². The standard InChI is InChI=1S/C21H20FNO6S/c1-30(27,28)17-11-7-15(8-12-17)21(26)29-18-4-2-3-13-23(20(18)25)19(24)14-5-9-16(22)10-6-14/h5-12,18H,2-4,13H2,1H3. The molecule has 2 aromatic carbocycles. The molecule has 0 radical (unpaired) electrons. The van der Waals surface area contributed by atoms with Crippen LogP contribution in [0.5, 0.6) is 0 Å². The van der Waals surface area contributed by atoms with E-state index in [9.17, 15) is 27.2 Å². The normalized spacial score (nSPS) is 17.3. The second-order valence-electron chi connectivity index (χ2n) is 6.99. The Bertz CT molecular complexity index is 1060. The minimum Gasteiger partial charge on any atom is -0.449 e. The summed E-state index contributed by atoms with van der Waals surface area (Å²) in [5.41, 5.74) is 0.254. The predicted molar refractivity (Wildman–Crippen MR) is 105 cm³/mol. The number of carbonyl (C=O) groups is 3. The molecule has 0 saturated carbocycles. The summed E-state index contributed by atoms with van der Waals surface area (Å²) in [6.07, 6.45) is 1.30. The van der Waals surface area contributed by atoms with Crippen LogP contribution < -0.4 is 0 Å². The number of sulfone groups is 1. The van der Waals surface area contributed by atoms with Crippen LogP contribution in [0.1, 0.15) is 40.0 Å². The molecule has 3 rings (SSSR count). The Labute approximate surface area is 173 Å². The quantitative estimate of drug-likeness (QED) is 0.543. The number of esters is 1. The molecule has 1 heterocycles. The van der Waals surface area contributed by atoms with Gasteiger partial charge in [0.2, 0.25) is 0 Å². The molecule has 30 heavy (non-hydrogen) atoms. The van der Waals surface area contributed by atoms with Crippen molar-refractivity contribution in [2.24, 2.45) is 0 Å². The van der Waals surface area contributed by atoms with E-state index in [2.05, 4.69) is 0 Å². The number of ether oxygens (including phenoxy) is 1. The van der Waals surface area contributed by atoms with Gasteiger partial charge in [-0.2, -0.15) is 0 Å². The van der Waals surface area contributed by atoms with Gasteiger partial charge in [-0.15, -0.1) is 0 Å². The molecule has 0 N–H and O–H groups in total. The molecule has 0 aliphatic carbocycles. The molecule has 1 saturated heterocycles. The Balaban J connectivity index is 1.75. The molecule has 2 amide bonds. The summed E-state index contributed by atoms with van der Waals surface area (Å²) < 4.78 is 41.5. The summed E-state index contributed by atoms with van der Waals surface area (Å²) in [7, 11) is -3.41. The van der Waals surface area contributed by atoms with E-state index in [1.807, 2.05) is 0 Å². The highest BCUT2D eigenvalue weighted by Crippen LogP contribution is 2.20. The van der Waals surface area contributed by atoms with Crippen molar-refractivity contribution >= 4 is 27.6 Å². The molecule has 0 aromatic heterocycles. The number of nitrogens with zero attached hydrogens (tertiary/aromatic N) is 1. The van der Waals surface area contributed by atoms with Gasteiger partial charge in [0.1, 0.15) is 5.82 Å². The average molecular weight is 433 g/mol. The van der Waals surface area contributed by atoms with Crippen LogP contribution in [-0.4, -0.2) is 50.0 Å². The smallest absolute Gasteiger partial charge is 0.338 e. The zero-order chi connectivity index (χ0) is 21.9. The van der Waals surface area contributed by atoms with Gasteiger partial charge >= 0.3 is 5.97 Å². The monoisotopic (exact) mass is 433 g/mol. The van der Waals surface area contributed by atoms with E-state index in [0.29, 0.717) is 12.8 Å². The van der Waals surface area contributed by atoms with Crippen LogP contribution in [0.25, 0.3) is 0 Å². The van der Waals surface area contributed by atoms with Gasteiger partial charge in [0, 0.05) is 18.4 Å². The summed E-state index contributed by atoms with van der Waals surface area (Å²) in [6, 6.07) is 10.0. The molecule has 1 aliphatic heterocycles. The van der Waals surface area contributed by atoms with Gasteiger partial charge in [-0.25, -0.2) is 17.6 Å². The minimum atomic E-state index is -3.41. The highest BCUT2D eigenvalue weighted by atomic mass is 32.2. The number of likely N-dealkylation sites (tertiary alicyclic amines) is 1. The molecule has 2 aromatic rings. The second kappa shape index (κ2) is 8.74. The Hall–Kier alpha value is -3.07. The molecule has 0 spiro atoms. The number of imide groups is 1. The Morgan fingerprint density at radius 2 is 1.60 bits per heavy atom. The number of rotatable bonds is 4. The largest absolute Gasteiger partial charge is 0.449 e. The van der Waals surface area contributed by atoms with Crippen molar-refractivity contribution in [2.75, 3.05) is 12.8 Å². The van der Waals surface area contributed by atoms with Gasteiger partial charge in [0.05, 0.1) is 10.5 Å². The van der Waals surface area contributed by atoms with Crippen LogP contribution in [0.3, 0.4) is 0 Å². The maximum Gasteiger partial charge on any atom is 0.338 e. The van der Waals surface area contributed by atoms with Crippen molar-refractivity contribution in [3.05, 3.63) is 65.5 Å². The molecule has 7 nitrogen and oxygen atoms in total. The first-order valence-corrected chi connectivity index (χ1v) is 11.2. The third kappa shape index (κ3) is 4.91. The third-order valence-corrected chi connectivity index (χ3v) is 5.87. The van der Waals surface area contributed by atoms with E-state index in [-0.39, 0.29) is 29.0 Å². The second-order valence-corrected chi connectivity index (χ2v) is 9.00. The van der Waals surface area contributed by atoms with E-state index in [0.717, 1.165) is 23.3 Å². The summed E-state index contributed by atoms with van der Waals surface area (Å²) in [5, 5.41) is 0. The van der Waals surface area contributed by atoms with Gasteiger partial charge in [-0.3, -0.25) is 14.5 Å². The van der Waals surface area contributed by atoms with Crippen molar-refractivity contribution in [3.8, 4) is 0 Å². The lowest BCUT2D eigenvalue weighted by atomic mass is 10.1. The predicted octanol–water partition coefficient (Wildman–Crippen LogP) is 2.61. The number of halogens is 1. The first-order valence-electron chi connectivity index (χ1n) is 9.29. The van der Waals surface area contributed by atoms with E-state index >= 15 is 0 Å².